The summed E-state index contributed by atoms with van der Waals surface area (Å²) >= 11 is 0. The minimum Gasteiger partial charge on any atom is -0.478 e. The van der Waals surface area contributed by atoms with E-state index in [1.54, 1.807) is 11.1 Å². The lowest BCUT2D eigenvalue weighted by Crippen LogP contribution is -2.35. The Morgan fingerprint density at radius 1 is 0.909 bits per heavy atom. The van der Waals surface area contributed by atoms with Crippen molar-refractivity contribution in [2.75, 3.05) is 19.6 Å². The number of carbonyl (C=O) groups is 2. The van der Waals surface area contributed by atoms with Crippen molar-refractivity contribution in [3.05, 3.63) is 83.6 Å². The number of aryl methyl sites for hydroxylation is 1. The predicted octanol–water partition coefficient (Wildman–Crippen LogP) is 4.79. The Morgan fingerprint density at radius 2 is 1.58 bits per heavy atom. The fourth-order valence-corrected chi connectivity index (χ4v) is 5.15. The first-order valence-electron chi connectivity index (χ1n) is 11.5. The zero-order valence-corrected chi connectivity index (χ0v) is 18.6. The average molecular weight is 447 g/mol. The van der Waals surface area contributed by atoms with Crippen LogP contribution in [0.1, 0.15) is 47.8 Å². The van der Waals surface area contributed by atoms with Gasteiger partial charge in [-0.25, -0.2) is 9.59 Å². The molecule has 2 heterocycles. The standard InChI is InChI=1S/C23H26N2.C4H4O4/c1-2-6-20-17(5-1)9-10-19(20)16-25-13-11-18(12-14-25)22-15-24-23-8-4-3-7-21(22)23;5-3(6)1-2-4(7)8/h1-8,15,18-19,24H,9-14,16H2;1-2H,(H,5,6)(H,7,8). The maximum Gasteiger partial charge on any atom is 0.328 e. The number of aromatic amines is 1. The van der Waals surface area contributed by atoms with Crippen LogP contribution in [-0.4, -0.2) is 51.7 Å². The predicted molar refractivity (Wildman–Crippen MR) is 129 cm³/mol. The Morgan fingerprint density at radius 3 is 2.30 bits per heavy atom. The number of fused-ring (bicyclic) bond motifs is 2. The quantitative estimate of drug-likeness (QED) is 0.490. The van der Waals surface area contributed by atoms with E-state index in [1.807, 2.05) is 0 Å². The molecule has 0 radical (unpaired) electrons. The van der Waals surface area contributed by atoms with Crippen molar-refractivity contribution in [2.45, 2.75) is 37.5 Å². The topological polar surface area (TPSA) is 93.6 Å². The number of aromatic nitrogens is 1. The lowest BCUT2D eigenvalue weighted by molar-refractivity contribution is -0.134. The number of hydrogen-bond acceptors (Lipinski definition) is 3. The Labute approximate surface area is 193 Å². The number of likely N-dealkylation sites (tertiary alicyclic amines) is 1. The first-order valence-corrected chi connectivity index (χ1v) is 11.5. The maximum atomic E-state index is 9.55. The summed E-state index contributed by atoms with van der Waals surface area (Å²) in [6.45, 7) is 3.73. The van der Waals surface area contributed by atoms with E-state index in [2.05, 4.69) is 64.6 Å². The Bertz CT molecular complexity index is 1130. The number of nitrogens with zero attached hydrogens (tertiary/aromatic N) is 1. The molecular weight excluding hydrogens is 416 g/mol. The third-order valence-corrected chi connectivity index (χ3v) is 6.75. The normalized spacial score (nSPS) is 18.7. The number of aliphatic carboxylic acids is 2. The van der Waals surface area contributed by atoms with E-state index in [0.717, 1.165) is 5.92 Å². The average Bonchev–Trinajstić information content (AvgIpc) is 3.43. The summed E-state index contributed by atoms with van der Waals surface area (Å²) < 4.78 is 0. The summed E-state index contributed by atoms with van der Waals surface area (Å²) in [5, 5.41) is 17.0. The second-order valence-electron chi connectivity index (χ2n) is 8.81. The van der Waals surface area contributed by atoms with Gasteiger partial charge in [-0.2, -0.15) is 0 Å². The Kier molecular flexibility index (Phi) is 7.25. The van der Waals surface area contributed by atoms with Crippen molar-refractivity contribution in [2.24, 2.45) is 0 Å². The molecule has 1 unspecified atom stereocenters. The minimum atomic E-state index is -1.26. The van der Waals surface area contributed by atoms with Gasteiger partial charge in [-0.05, 0) is 73.4 Å². The SMILES string of the molecule is O=C(O)C=CC(=O)O.c1ccc2c(c1)CCC2CN1CCC(c2c[nH]c3ccccc23)CC1. The van der Waals surface area contributed by atoms with Crippen LogP contribution >= 0.6 is 0 Å². The van der Waals surface area contributed by atoms with Gasteiger partial charge < -0.3 is 20.1 Å². The molecule has 6 nitrogen and oxygen atoms in total. The molecule has 1 aromatic heterocycles. The number of benzene rings is 2. The number of rotatable bonds is 5. The molecule has 1 fully saturated rings. The van der Waals surface area contributed by atoms with Crippen molar-refractivity contribution in [1.29, 1.82) is 0 Å². The molecule has 1 saturated heterocycles. The Hall–Kier alpha value is -3.38. The number of H-pyrrole nitrogens is 1. The van der Waals surface area contributed by atoms with Gasteiger partial charge in [-0.1, -0.05) is 42.5 Å². The highest BCUT2D eigenvalue weighted by Crippen LogP contribution is 2.36. The molecule has 6 heteroatoms. The number of para-hydroxylation sites is 1. The fourth-order valence-electron chi connectivity index (χ4n) is 5.15. The van der Waals surface area contributed by atoms with Crippen molar-refractivity contribution in [3.8, 4) is 0 Å². The van der Waals surface area contributed by atoms with Crippen molar-refractivity contribution in [1.82, 2.24) is 9.88 Å². The smallest absolute Gasteiger partial charge is 0.328 e. The number of carboxylic acid groups (broad SMARTS) is 2. The largest absolute Gasteiger partial charge is 0.478 e. The molecule has 1 atom stereocenters. The van der Waals surface area contributed by atoms with E-state index in [-0.39, 0.29) is 0 Å². The lowest BCUT2D eigenvalue weighted by atomic mass is 9.88. The molecular formula is C27H30N2O4. The van der Waals surface area contributed by atoms with Crippen molar-refractivity contribution < 1.29 is 19.8 Å². The molecule has 172 valence electrons. The first kappa shape index (κ1) is 22.8. The molecule has 3 N–H and O–H groups in total. The van der Waals surface area contributed by atoms with Gasteiger partial charge in [-0.3, -0.25) is 0 Å². The van der Waals surface area contributed by atoms with E-state index in [0.29, 0.717) is 18.1 Å². The molecule has 0 bridgehead atoms. The van der Waals surface area contributed by atoms with Crippen LogP contribution in [0.25, 0.3) is 10.9 Å². The van der Waals surface area contributed by atoms with Gasteiger partial charge in [-0.15, -0.1) is 0 Å². The summed E-state index contributed by atoms with van der Waals surface area (Å²) in [7, 11) is 0. The van der Waals surface area contributed by atoms with E-state index in [4.69, 9.17) is 10.2 Å². The van der Waals surface area contributed by atoms with Gasteiger partial charge in [0.25, 0.3) is 0 Å². The third kappa shape index (κ3) is 5.71. The Balaban J connectivity index is 0.000000281. The zero-order valence-electron chi connectivity index (χ0n) is 18.6. The number of piperidine rings is 1. The van der Waals surface area contributed by atoms with Crippen LogP contribution in [-0.2, 0) is 16.0 Å². The van der Waals surface area contributed by atoms with Gasteiger partial charge in [0, 0.05) is 35.8 Å². The van der Waals surface area contributed by atoms with Crippen LogP contribution in [0.5, 0.6) is 0 Å². The monoisotopic (exact) mass is 446 g/mol. The van der Waals surface area contributed by atoms with Crippen molar-refractivity contribution >= 4 is 22.8 Å². The second-order valence-corrected chi connectivity index (χ2v) is 8.81. The minimum absolute atomic E-state index is 0.558. The number of hydrogen-bond donors (Lipinski definition) is 3. The molecule has 2 aliphatic rings. The second kappa shape index (κ2) is 10.5. The summed E-state index contributed by atoms with van der Waals surface area (Å²) in [5.41, 5.74) is 6.01. The molecule has 1 aliphatic carbocycles. The van der Waals surface area contributed by atoms with Crippen LogP contribution in [0, 0.1) is 0 Å². The zero-order chi connectivity index (χ0) is 23.2. The maximum absolute atomic E-state index is 9.55. The highest BCUT2D eigenvalue weighted by molar-refractivity contribution is 5.89. The first-order chi connectivity index (χ1) is 16.0. The fraction of sp³-hybridized carbons (Fsp3) is 0.333. The summed E-state index contributed by atoms with van der Waals surface area (Å²) in [6, 6.07) is 17.8. The van der Waals surface area contributed by atoms with Gasteiger partial charge in [0.2, 0.25) is 0 Å². The van der Waals surface area contributed by atoms with Gasteiger partial charge in [0.1, 0.15) is 0 Å². The van der Waals surface area contributed by atoms with Crippen LogP contribution in [0.15, 0.2) is 66.9 Å². The molecule has 5 rings (SSSR count). The molecule has 33 heavy (non-hydrogen) atoms. The van der Waals surface area contributed by atoms with Crippen molar-refractivity contribution in [3.63, 3.8) is 0 Å². The lowest BCUT2D eigenvalue weighted by Gasteiger charge is -2.33. The van der Waals surface area contributed by atoms with Crippen LogP contribution in [0.3, 0.4) is 0 Å². The van der Waals surface area contributed by atoms with Gasteiger partial charge >= 0.3 is 11.9 Å². The number of carboxylic acids is 2. The summed E-state index contributed by atoms with van der Waals surface area (Å²) in [5.74, 6) is -1.05. The van der Waals surface area contributed by atoms with Crippen LogP contribution < -0.4 is 0 Å². The molecule has 0 spiro atoms. The van der Waals surface area contributed by atoms with Crippen LogP contribution in [0.4, 0.5) is 0 Å². The van der Waals surface area contributed by atoms with E-state index < -0.39 is 11.9 Å². The molecule has 1 aliphatic heterocycles. The summed E-state index contributed by atoms with van der Waals surface area (Å²) in [6.07, 6.45) is 8.55. The van der Waals surface area contributed by atoms with E-state index >= 15 is 0 Å². The van der Waals surface area contributed by atoms with Gasteiger partial charge in [0.05, 0.1) is 0 Å². The molecule has 3 aromatic rings. The number of nitrogens with one attached hydrogen (secondary N) is 1. The van der Waals surface area contributed by atoms with E-state index in [9.17, 15) is 9.59 Å². The highest BCUT2D eigenvalue weighted by atomic mass is 16.4. The molecule has 0 amide bonds. The van der Waals surface area contributed by atoms with Crippen LogP contribution in [0.2, 0.25) is 0 Å². The molecule has 2 aromatic carbocycles. The molecule has 0 saturated carbocycles. The van der Waals surface area contributed by atoms with E-state index in [1.165, 1.54) is 61.8 Å². The highest BCUT2D eigenvalue weighted by Gasteiger charge is 2.27. The van der Waals surface area contributed by atoms with Gasteiger partial charge in [0.15, 0.2) is 0 Å². The third-order valence-electron chi connectivity index (χ3n) is 6.75. The summed E-state index contributed by atoms with van der Waals surface area (Å²) in [4.78, 5) is 25.3.